The Balaban J connectivity index is 2.19. The number of fused-ring (bicyclic) bond motifs is 1. The number of aryl methyl sites for hydroxylation is 1. The normalized spacial score (nSPS) is 11.0. The Morgan fingerprint density at radius 3 is 2.60 bits per heavy atom. The van der Waals surface area contributed by atoms with E-state index < -0.39 is 0 Å². The Kier molecular flexibility index (Phi) is 5.51. The maximum atomic E-state index is 6.24. The third-order valence-electron chi connectivity index (χ3n) is 4.43. The predicted molar refractivity (Wildman–Crippen MR) is 104 cm³/mol. The molecule has 1 aromatic heterocycles. The summed E-state index contributed by atoms with van der Waals surface area (Å²) in [6, 6.07) is 11.7. The highest BCUT2D eigenvalue weighted by Crippen LogP contribution is 2.38. The molecule has 0 bridgehead atoms. The van der Waals surface area contributed by atoms with Crippen LogP contribution in [0.5, 0.6) is 11.5 Å². The van der Waals surface area contributed by atoms with Gasteiger partial charge in [0.05, 0.1) is 19.9 Å². The van der Waals surface area contributed by atoms with Gasteiger partial charge in [-0.05, 0) is 67.8 Å². The lowest BCUT2D eigenvalue weighted by Crippen LogP contribution is -1.99. The summed E-state index contributed by atoms with van der Waals surface area (Å²) in [6.07, 6.45) is 2.94. The van der Waals surface area contributed by atoms with E-state index in [2.05, 4.69) is 11.1 Å². The number of aromatic amines is 1. The van der Waals surface area contributed by atoms with E-state index in [0.29, 0.717) is 11.6 Å². The standard InChI is InChI=1S/C20H23ClN2O2/c1-24-14-7-8-18-16(12-14)15(5-3-4-10-22)20(23-18)17-11-13(21)6-9-19(17)25-2/h6-9,11-12,23H,3-5,10,22H2,1-2H3. The summed E-state index contributed by atoms with van der Waals surface area (Å²) < 4.78 is 11.0. The van der Waals surface area contributed by atoms with Crippen LogP contribution in [0.1, 0.15) is 18.4 Å². The first-order valence-corrected chi connectivity index (χ1v) is 8.78. The van der Waals surface area contributed by atoms with Gasteiger partial charge in [-0.25, -0.2) is 0 Å². The summed E-state index contributed by atoms with van der Waals surface area (Å²) in [6.45, 7) is 0.696. The maximum absolute atomic E-state index is 6.24. The molecule has 2 aromatic carbocycles. The first-order chi connectivity index (χ1) is 12.2. The summed E-state index contributed by atoms with van der Waals surface area (Å²) in [7, 11) is 3.36. The quantitative estimate of drug-likeness (QED) is 0.597. The third-order valence-corrected chi connectivity index (χ3v) is 4.66. The number of hydrogen-bond donors (Lipinski definition) is 2. The summed E-state index contributed by atoms with van der Waals surface area (Å²) in [5.41, 5.74) is 9.99. The SMILES string of the molecule is COc1ccc2[nH]c(-c3cc(Cl)ccc3OC)c(CCCCN)c2c1. The Morgan fingerprint density at radius 2 is 1.88 bits per heavy atom. The van der Waals surface area contributed by atoms with Crippen molar-refractivity contribution in [3.8, 4) is 22.8 Å². The topological polar surface area (TPSA) is 60.3 Å². The second-order valence-electron chi connectivity index (χ2n) is 5.98. The molecule has 0 unspecified atom stereocenters. The zero-order valence-corrected chi connectivity index (χ0v) is 15.3. The summed E-state index contributed by atoms with van der Waals surface area (Å²) >= 11 is 6.24. The van der Waals surface area contributed by atoms with Crippen LogP contribution in [0, 0.1) is 0 Å². The molecular weight excluding hydrogens is 336 g/mol. The lowest BCUT2D eigenvalue weighted by atomic mass is 9.99. The van der Waals surface area contributed by atoms with Gasteiger partial charge in [0, 0.05) is 21.5 Å². The Labute approximate surface area is 152 Å². The van der Waals surface area contributed by atoms with E-state index in [1.54, 1.807) is 14.2 Å². The van der Waals surface area contributed by atoms with Crippen molar-refractivity contribution in [1.82, 2.24) is 4.98 Å². The van der Waals surface area contributed by atoms with Crippen molar-refractivity contribution in [3.05, 3.63) is 47.0 Å². The van der Waals surface area contributed by atoms with E-state index in [-0.39, 0.29) is 0 Å². The van der Waals surface area contributed by atoms with Crippen molar-refractivity contribution in [3.63, 3.8) is 0 Å². The molecule has 5 heteroatoms. The van der Waals surface area contributed by atoms with Crippen molar-refractivity contribution in [2.24, 2.45) is 5.73 Å². The zero-order valence-electron chi connectivity index (χ0n) is 14.6. The van der Waals surface area contributed by atoms with Crippen LogP contribution >= 0.6 is 11.6 Å². The highest BCUT2D eigenvalue weighted by molar-refractivity contribution is 6.31. The molecule has 0 aliphatic heterocycles. The molecular formula is C20H23ClN2O2. The van der Waals surface area contributed by atoms with Crippen LogP contribution < -0.4 is 15.2 Å². The number of benzene rings is 2. The number of halogens is 1. The van der Waals surface area contributed by atoms with Gasteiger partial charge in [0.1, 0.15) is 11.5 Å². The predicted octanol–water partition coefficient (Wildman–Crippen LogP) is 4.79. The molecule has 0 atom stereocenters. The molecule has 0 aliphatic carbocycles. The third kappa shape index (κ3) is 3.60. The summed E-state index contributed by atoms with van der Waals surface area (Å²) in [5, 5.41) is 1.84. The van der Waals surface area contributed by atoms with Crippen LogP contribution in [-0.4, -0.2) is 25.7 Å². The second-order valence-corrected chi connectivity index (χ2v) is 6.42. The van der Waals surface area contributed by atoms with Crippen molar-refractivity contribution in [2.45, 2.75) is 19.3 Å². The molecule has 0 fully saturated rings. The van der Waals surface area contributed by atoms with Gasteiger partial charge >= 0.3 is 0 Å². The number of H-pyrrole nitrogens is 1. The fourth-order valence-corrected chi connectivity index (χ4v) is 3.34. The number of hydrogen-bond acceptors (Lipinski definition) is 3. The minimum absolute atomic E-state index is 0.681. The monoisotopic (exact) mass is 358 g/mol. The molecule has 0 amide bonds. The molecule has 1 heterocycles. The average Bonchev–Trinajstić information content (AvgIpc) is 2.99. The van der Waals surface area contributed by atoms with Crippen molar-refractivity contribution in [2.75, 3.05) is 20.8 Å². The lowest BCUT2D eigenvalue weighted by molar-refractivity contribution is 0.415. The molecule has 0 saturated heterocycles. The minimum atomic E-state index is 0.681. The first-order valence-electron chi connectivity index (χ1n) is 8.40. The van der Waals surface area contributed by atoms with Crippen LogP contribution in [0.2, 0.25) is 5.02 Å². The highest BCUT2D eigenvalue weighted by atomic mass is 35.5. The highest BCUT2D eigenvalue weighted by Gasteiger charge is 2.17. The molecule has 3 rings (SSSR count). The summed E-state index contributed by atoms with van der Waals surface area (Å²) in [5.74, 6) is 1.64. The van der Waals surface area contributed by atoms with Gasteiger partial charge in [0.25, 0.3) is 0 Å². The molecule has 0 aliphatic rings. The van der Waals surface area contributed by atoms with Crippen molar-refractivity contribution < 1.29 is 9.47 Å². The first kappa shape index (κ1) is 17.6. The van der Waals surface area contributed by atoms with Crippen molar-refractivity contribution >= 4 is 22.5 Å². The van der Waals surface area contributed by atoms with Crippen LogP contribution in [0.25, 0.3) is 22.2 Å². The van der Waals surface area contributed by atoms with Gasteiger partial charge in [-0.3, -0.25) is 0 Å². The smallest absolute Gasteiger partial charge is 0.128 e. The molecule has 0 radical (unpaired) electrons. The average molecular weight is 359 g/mol. The fourth-order valence-electron chi connectivity index (χ4n) is 3.17. The van der Waals surface area contributed by atoms with E-state index in [1.807, 2.05) is 30.3 Å². The van der Waals surface area contributed by atoms with Crippen LogP contribution in [0.4, 0.5) is 0 Å². The van der Waals surface area contributed by atoms with E-state index in [4.69, 9.17) is 26.8 Å². The number of unbranched alkanes of at least 4 members (excludes halogenated alkanes) is 1. The number of aromatic nitrogens is 1. The summed E-state index contributed by atoms with van der Waals surface area (Å²) in [4.78, 5) is 3.54. The Hall–Kier alpha value is -2.17. The zero-order chi connectivity index (χ0) is 17.8. The number of nitrogens with two attached hydrogens (primary N) is 1. The number of methoxy groups -OCH3 is 2. The van der Waals surface area contributed by atoms with E-state index >= 15 is 0 Å². The van der Waals surface area contributed by atoms with Crippen molar-refractivity contribution in [1.29, 1.82) is 0 Å². The number of ether oxygens (including phenoxy) is 2. The second kappa shape index (κ2) is 7.81. The molecule has 132 valence electrons. The van der Waals surface area contributed by atoms with E-state index in [0.717, 1.165) is 52.9 Å². The lowest BCUT2D eigenvalue weighted by Gasteiger charge is -2.10. The van der Waals surface area contributed by atoms with E-state index in [1.165, 1.54) is 5.56 Å². The minimum Gasteiger partial charge on any atom is -0.497 e. The molecule has 3 aromatic rings. The molecule has 0 spiro atoms. The largest absolute Gasteiger partial charge is 0.497 e. The van der Waals surface area contributed by atoms with E-state index in [9.17, 15) is 0 Å². The maximum Gasteiger partial charge on any atom is 0.128 e. The number of rotatable bonds is 7. The molecule has 25 heavy (non-hydrogen) atoms. The van der Waals surface area contributed by atoms with Crippen LogP contribution in [0.3, 0.4) is 0 Å². The van der Waals surface area contributed by atoms with Gasteiger partial charge in [0.15, 0.2) is 0 Å². The van der Waals surface area contributed by atoms with Gasteiger partial charge in [-0.15, -0.1) is 0 Å². The Morgan fingerprint density at radius 1 is 1.04 bits per heavy atom. The van der Waals surface area contributed by atoms with Crippen LogP contribution in [-0.2, 0) is 6.42 Å². The van der Waals surface area contributed by atoms with Crippen LogP contribution in [0.15, 0.2) is 36.4 Å². The Bertz CT molecular complexity index is 874. The number of nitrogens with one attached hydrogen (secondary N) is 1. The fraction of sp³-hybridized carbons (Fsp3) is 0.300. The molecule has 0 saturated carbocycles. The van der Waals surface area contributed by atoms with Gasteiger partial charge in [0.2, 0.25) is 0 Å². The van der Waals surface area contributed by atoms with Gasteiger partial charge < -0.3 is 20.2 Å². The molecule has 4 nitrogen and oxygen atoms in total. The molecule has 3 N–H and O–H groups in total. The van der Waals surface area contributed by atoms with Gasteiger partial charge in [-0.2, -0.15) is 0 Å². The van der Waals surface area contributed by atoms with Gasteiger partial charge in [-0.1, -0.05) is 11.6 Å².